The van der Waals surface area contributed by atoms with Gasteiger partial charge >= 0.3 is 0 Å². The maximum Gasteiger partial charge on any atom is 0.289 e. The van der Waals surface area contributed by atoms with E-state index in [0.29, 0.717) is 5.69 Å². The van der Waals surface area contributed by atoms with Crippen molar-refractivity contribution in [1.29, 1.82) is 5.26 Å². The number of nitriles is 1. The summed E-state index contributed by atoms with van der Waals surface area (Å²) in [5.41, 5.74) is 0.677. The molecule has 0 bridgehead atoms. The molecule has 1 N–H and O–H groups in total. The van der Waals surface area contributed by atoms with Crippen LogP contribution in [0.2, 0.25) is 0 Å². The Hall–Kier alpha value is -2.09. The smallest absolute Gasteiger partial charge is 0.289 e. The van der Waals surface area contributed by atoms with Crippen LogP contribution in [0, 0.1) is 27.4 Å². The number of benzene rings is 1. The molecule has 0 atom stereocenters. The highest BCUT2D eigenvalue weighted by Crippen LogP contribution is 2.29. The van der Waals surface area contributed by atoms with Gasteiger partial charge in [-0.15, -0.1) is 0 Å². The Morgan fingerprint density at radius 3 is 2.83 bits per heavy atom. The van der Waals surface area contributed by atoms with Crippen molar-refractivity contribution in [1.82, 2.24) is 0 Å². The molecule has 0 spiro atoms. The van der Waals surface area contributed by atoms with Crippen molar-refractivity contribution >= 4 is 11.4 Å². The topological polar surface area (TPSA) is 79.0 Å². The van der Waals surface area contributed by atoms with Crippen molar-refractivity contribution < 1.29 is 4.92 Å². The van der Waals surface area contributed by atoms with Crippen LogP contribution in [0.1, 0.15) is 31.2 Å². The highest BCUT2D eigenvalue weighted by atomic mass is 16.6. The average Bonchev–Trinajstić information content (AvgIpc) is 2.32. The van der Waals surface area contributed by atoms with E-state index in [4.69, 9.17) is 5.26 Å². The van der Waals surface area contributed by atoms with Gasteiger partial charge < -0.3 is 5.32 Å². The second kappa shape index (κ2) is 5.50. The molecule has 0 aromatic heterocycles. The number of hydrogen-bond donors (Lipinski definition) is 1. The minimum absolute atomic E-state index is 0.101. The van der Waals surface area contributed by atoms with Crippen LogP contribution in [0.15, 0.2) is 18.2 Å². The Bertz CT molecular complexity index is 489. The van der Waals surface area contributed by atoms with Gasteiger partial charge in [0, 0.05) is 18.3 Å². The molecule has 1 saturated carbocycles. The van der Waals surface area contributed by atoms with Gasteiger partial charge in [-0.1, -0.05) is 19.3 Å². The van der Waals surface area contributed by atoms with E-state index >= 15 is 0 Å². The summed E-state index contributed by atoms with van der Waals surface area (Å²) >= 11 is 0. The second-order valence-corrected chi connectivity index (χ2v) is 4.61. The van der Waals surface area contributed by atoms with Crippen molar-refractivity contribution in [3.63, 3.8) is 0 Å². The number of anilines is 1. The van der Waals surface area contributed by atoms with E-state index in [1.54, 1.807) is 6.07 Å². The maximum absolute atomic E-state index is 10.8. The zero-order valence-electron chi connectivity index (χ0n) is 10.1. The number of nitrogens with zero attached hydrogens (tertiary/aromatic N) is 2. The summed E-state index contributed by atoms with van der Waals surface area (Å²) in [6.45, 7) is 0.827. The molecule has 2 rings (SSSR count). The van der Waals surface area contributed by atoms with Gasteiger partial charge in [0.05, 0.1) is 4.92 Å². The van der Waals surface area contributed by atoms with Gasteiger partial charge in [0.2, 0.25) is 0 Å². The van der Waals surface area contributed by atoms with Gasteiger partial charge in [0.1, 0.15) is 11.6 Å². The Kier molecular flexibility index (Phi) is 3.78. The monoisotopic (exact) mass is 245 g/mol. The third kappa shape index (κ3) is 2.77. The lowest BCUT2D eigenvalue weighted by Gasteiger charge is -2.25. The highest BCUT2D eigenvalue weighted by molar-refractivity contribution is 5.59. The van der Waals surface area contributed by atoms with Crippen molar-refractivity contribution in [3.8, 4) is 6.07 Å². The van der Waals surface area contributed by atoms with Crippen LogP contribution in [0.3, 0.4) is 0 Å². The van der Waals surface area contributed by atoms with E-state index in [2.05, 4.69) is 5.32 Å². The fourth-order valence-electron chi connectivity index (χ4n) is 2.09. The van der Waals surface area contributed by atoms with Crippen molar-refractivity contribution in [2.45, 2.75) is 25.7 Å². The summed E-state index contributed by atoms with van der Waals surface area (Å²) in [5, 5.41) is 22.7. The van der Waals surface area contributed by atoms with Gasteiger partial charge in [-0.2, -0.15) is 5.26 Å². The molecule has 1 aliphatic rings. The van der Waals surface area contributed by atoms with E-state index in [1.807, 2.05) is 6.07 Å². The Balaban J connectivity index is 1.98. The number of rotatable bonds is 5. The first-order valence-corrected chi connectivity index (χ1v) is 6.13. The normalized spacial score (nSPS) is 14.6. The van der Waals surface area contributed by atoms with E-state index in [0.717, 1.165) is 18.9 Å². The van der Waals surface area contributed by atoms with Crippen LogP contribution in [-0.4, -0.2) is 11.5 Å². The fourth-order valence-corrected chi connectivity index (χ4v) is 2.09. The molecule has 0 aliphatic heterocycles. The van der Waals surface area contributed by atoms with Crippen LogP contribution in [0.4, 0.5) is 11.4 Å². The zero-order valence-corrected chi connectivity index (χ0v) is 10.1. The molecular weight excluding hydrogens is 230 g/mol. The minimum Gasteiger partial charge on any atom is -0.385 e. The molecule has 0 unspecified atom stereocenters. The number of nitrogens with one attached hydrogen (secondary N) is 1. The maximum atomic E-state index is 10.8. The molecule has 1 aromatic rings. The third-order valence-corrected chi connectivity index (χ3v) is 3.42. The number of nitro benzene ring substituents is 1. The standard InChI is InChI=1S/C13H15N3O2/c14-9-11-4-5-12(8-13(11)16(17)18)15-7-6-10-2-1-3-10/h4-5,8,10,15H,1-3,6-7H2. The van der Waals surface area contributed by atoms with Gasteiger partial charge in [0.15, 0.2) is 0 Å². The van der Waals surface area contributed by atoms with Crippen LogP contribution in [0.25, 0.3) is 0 Å². The lowest BCUT2D eigenvalue weighted by molar-refractivity contribution is -0.385. The summed E-state index contributed by atoms with van der Waals surface area (Å²) in [5.74, 6) is 0.811. The molecule has 18 heavy (non-hydrogen) atoms. The number of nitro groups is 1. The van der Waals surface area contributed by atoms with E-state index in [9.17, 15) is 10.1 Å². The molecule has 5 nitrogen and oxygen atoms in total. The molecule has 94 valence electrons. The molecule has 0 saturated heterocycles. The quantitative estimate of drug-likeness (QED) is 0.638. The minimum atomic E-state index is -0.518. The van der Waals surface area contributed by atoms with E-state index < -0.39 is 4.92 Å². The molecule has 1 aromatic carbocycles. The molecule has 0 amide bonds. The molecule has 1 fully saturated rings. The second-order valence-electron chi connectivity index (χ2n) is 4.61. The van der Waals surface area contributed by atoms with Crippen molar-refractivity contribution in [2.24, 2.45) is 5.92 Å². The van der Waals surface area contributed by atoms with Crippen LogP contribution < -0.4 is 5.32 Å². The van der Waals surface area contributed by atoms with Gasteiger partial charge in [0.25, 0.3) is 5.69 Å². The summed E-state index contributed by atoms with van der Waals surface area (Å²) in [6, 6.07) is 6.46. The highest BCUT2D eigenvalue weighted by Gasteiger charge is 2.17. The van der Waals surface area contributed by atoms with Crippen LogP contribution in [-0.2, 0) is 0 Å². The molecule has 0 heterocycles. The predicted octanol–water partition coefficient (Wildman–Crippen LogP) is 3.07. The van der Waals surface area contributed by atoms with Crippen molar-refractivity contribution in [3.05, 3.63) is 33.9 Å². The van der Waals surface area contributed by atoms with E-state index in [-0.39, 0.29) is 11.3 Å². The molecular formula is C13H15N3O2. The van der Waals surface area contributed by atoms with Crippen LogP contribution >= 0.6 is 0 Å². The first-order valence-electron chi connectivity index (χ1n) is 6.13. The Morgan fingerprint density at radius 1 is 1.50 bits per heavy atom. The predicted molar refractivity (Wildman–Crippen MR) is 68.3 cm³/mol. The lowest BCUT2D eigenvalue weighted by Crippen LogP contribution is -2.15. The van der Waals surface area contributed by atoms with Gasteiger partial charge in [-0.3, -0.25) is 10.1 Å². The van der Waals surface area contributed by atoms with Gasteiger partial charge in [-0.25, -0.2) is 0 Å². The fraction of sp³-hybridized carbons (Fsp3) is 0.462. The van der Waals surface area contributed by atoms with Crippen LogP contribution in [0.5, 0.6) is 0 Å². The summed E-state index contributed by atoms with van der Waals surface area (Å²) in [4.78, 5) is 10.3. The third-order valence-electron chi connectivity index (χ3n) is 3.42. The Morgan fingerprint density at radius 2 is 2.28 bits per heavy atom. The van der Waals surface area contributed by atoms with Crippen molar-refractivity contribution in [2.75, 3.05) is 11.9 Å². The molecule has 5 heteroatoms. The SMILES string of the molecule is N#Cc1ccc(NCCC2CCC2)cc1[N+](=O)[O-]. The average molecular weight is 245 g/mol. The first kappa shape index (κ1) is 12.4. The molecule has 1 aliphatic carbocycles. The largest absolute Gasteiger partial charge is 0.385 e. The summed E-state index contributed by atoms with van der Waals surface area (Å²) < 4.78 is 0. The molecule has 0 radical (unpaired) electrons. The Labute approximate surface area is 106 Å². The van der Waals surface area contributed by atoms with E-state index in [1.165, 1.54) is 31.4 Å². The summed E-state index contributed by atoms with van der Waals surface area (Å²) in [7, 11) is 0. The summed E-state index contributed by atoms with van der Waals surface area (Å²) in [6.07, 6.45) is 5.03. The first-order chi connectivity index (χ1) is 8.70. The lowest BCUT2D eigenvalue weighted by atomic mass is 9.83. The number of hydrogen-bond acceptors (Lipinski definition) is 4. The van der Waals surface area contributed by atoms with Gasteiger partial charge in [-0.05, 0) is 24.5 Å². The zero-order chi connectivity index (χ0) is 13.0.